The molecule has 25 heavy (non-hydrogen) atoms. The van der Waals surface area contributed by atoms with E-state index in [4.69, 9.17) is 16.3 Å². The van der Waals surface area contributed by atoms with E-state index in [0.29, 0.717) is 21.2 Å². The van der Waals surface area contributed by atoms with Crippen molar-refractivity contribution in [2.45, 2.75) is 31.6 Å². The molecule has 1 aromatic heterocycles. The van der Waals surface area contributed by atoms with E-state index in [1.54, 1.807) is 38.1 Å². The summed E-state index contributed by atoms with van der Waals surface area (Å²) in [7, 11) is 0. The SMILES string of the molecule is CC1(C)Oc2cc([N+](=O)[O-])sc2C(NC(=O)c2ccc(Cl)cc2)C1O. The molecule has 9 heteroatoms. The normalized spacial score (nSPS) is 21.1. The molecular weight excluding hydrogens is 368 g/mol. The molecule has 0 radical (unpaired) electrons. The number of amides is 1. The predicted octanol–water partition coefficient (Wildman–Crippen LogP) is 3.31. The summed E-state index contributed by atoms with van der Waals surface area (Å²) in [6.45, 7) is 3.32. The number of nitro groups is 1. The van der Waals surface area contributed by atoms with Gasteiger partial charge >= 0.3 is 5.00 Å². The summed E-state index contributed by atoms with van der Waals surface area (Å²) in [6.07, 6.45) is -1.07. The number of ether oxygens (including phenoxy) is 1. The number of nitrogens with zero attached hydrogens (tertiary/aromatic N) is 1. The van der Waals surface area contributed by atoms with Crippen LogP contribution in [0.15, 0.2) is 30.3 Å². The number of carbonyl (C=O) groups excluding carboxylic acids is 1. The number of thiophene rings is 1. The first-order valence-electron chi connectivity index (χ1n) is 7.40. The highest BCUT2D eigenvalue weighted by Crippen LogP contribution is 2.47. The zero-order valence-corrected chi connectivity index (χ0v) is 14.9. The minimum absolute atomic E-state index is 0.111. The molecular formula is C16H15ClN2O5S. The summed E-state index contributed by atoms with van der Waals surface area (Å²) in [5.41, 5.74) is -0.645. The fourth-order valence-electron chi connectivity index (χ4n) is 2.62. The van der Waals surface area contributed by atoms with Crippen molar-refractivity contribution in [3.05, 3.63) is 55.9 Å². The number of hydrogen-bond donors (Lipinski definition) is 2. The van der Waals surface area contributed by atoms with Crippen molar-refractivity contribution >= 4 is 33.8 Å². The molecule has 0 saturated heterocycles. The topological polar surface area (TPSA) is 102 Å². The van der Waals surface area contributed by atoms with Gasteiger partial charge in [-0.15, -0.1) is 0 Å². The maximum atomic E-state index is 12.5. The van der Waals surface area contributed by atoms with Crippen LogP contribution in [0.3, 0.4) is 0 Å². The highest BCUT2D eigenvalue weighted by Gasteiger charge is 2.46. The molecule has 1 amide bonds. The van der Waals surface area contributed by atoms with Gasteiger partial charge in [-0.3, -0.25) is 14.9 Å². The molecule has 0 saturated carbocycles. The zero-order chi connectivity index (χ0) is 18.4. The van der Waals surface area contributed by atoms with Gasteiger partial charge in [0.25, 0.3) is 5.91 Å². The average Bonchev–Trinajstić information content (AvgIpc) is 2.95. The first-order valence-corrected chi connectivity index (χ1v) is 8.60. The largest absolute Gasteiger partial charge is 0.484 e. The molecule has 2 N–H and O–H groups in total. The molecule has 2 aromatic rings. The predicted molar refractivity (Wildman–Crippen MR) is 93.3 cm³/mol. The zero-order valence-electron chi connectivity index (χ0n) is 13.4. The molecule has 2 atom stereocenters. The number of nitrogens with one attached hydrogen (secondary N) is 1. The third kappa shape index (κ3) is 3.33. The van der Waals surface area contributed by atoms with Crippen LogP contribution in [0.2, 0.25) is 5.02 Å². The molecule has 2 unspecified atom stereocenters. The van der Waals surface area contributed by atoms with Crippen molar-refractivity contribution in [2.24, 2.45) is 0 Å². The van der Waals surface area contributed by atoms with Crippen molar-refractivity contribution in [1.82, 2.24) is 5.32 Å². The van der Waals surface area contributed by atoms with Crippen LogP contribution in [-0.2, 0) is 0 Å². The van der Waals surface area contributed by atoms with E-state index in [2.05, 4.69) is 5.32 Å². The van der Waals surface area contributed by atoms with Crippen molar-refractivity contribution in [3.8, 4) is 5.75 Å². The standard InChI is InChI=1S/C16H15ClN2O5S/c1-16(2)14(20)12(13-10(24-16)7-11(25-13)19(22)23)18-15(21)8-3-5-9(17)6-4-8/h3-7,12,14,20H,1-2H3,(H,18,21). The van der Waals surface area contributed by atoms with Gasteiger partial charge in [0.15, 0.2) is 0 Å². The van der Waals surface area contributed by atoms with Crippen LogP contribution < -0.4 is 10.1 Å². The van der Waals surface area contributed by atoms with Crippen LogP contribution in [0.5, 0.6) is 5.75 Å². The van der Waals surface area contributed by atoms with E-state index < -0.39 is 28.6 Å². The van der Waals surface area contributed by atoms with Crippen molar-refractivity contribution in [3.63, 3.8) is 0 Å². The number of aliphatic hydroxyl groups excluding tert-OH is 1. The quantitative estimate of drug-likeness (QED) is 0.626. The van der Waals surface area contributed by atoms with Gasteiger partial charge in [-0.1, -0.05) is 22.9 Å². The molecule has 1 aliphatic rings. The van der Waals surface area contributed by atoms with Crippen molar-refractivity contribution < 1.29 is 19.6 Å². The fraction of sp³-hybridized carbons (Fsp3) is 0.312. The van der Waals surface area contributed by atoms with Crippen LogP contribution in [0, 0.1) is 10.1 Å². The van der Waals surface area contributed by atoms with E-state index in [-0.39, 0.29) is 5.00 Å². The maximum absolute atomic E-state index is 12.5. The van der Waals surface area contributed by atoms with E-state index in [9.17, 15) is 20.0 Å². The fourth-order valence-corrected chi connectivity index (χ4v) is 3.73. The molecule has 1 aliphatic heterocycles. The number of aliphatic hydroxyl groups is 1. The molecule has 1 aromatic carbocycles. The molecule has 2 heterocycles. The van der Waals surface area contributed by atoms with Crippen molar-refractivity contribution in [2.75, 3.05) is 0 Å². The summed E-state index contributed by atoms with van der Waals surface area (Å²) in [5, 5.41) is 24.8. The lowest BCUT2D eigenvalue weighted by Crippen LogP contribution is -2.53. The summed E-state index contributed by atoms with van der Waals surface area (Å²) in [5.74, 6) is -0.117. The first kappa shape index (κ1) is 17.7. The minimum atomic E-state index is -1.07. The Morgan fingerprint density at radius 3 is 2.64 bits per heavy atom. The first-order chi connectivity index (χ1) is 11.7. The van der Waals surface area contributed by atoms with Gasteiger partial charge in [0, 0.05) is 10.6 Å². The summed E-state index contributed by atoms with van der Waals surface area (Å²) in [6, 6.07) is 6.79. The Balaban J connectivity index is 1.95. The van der Waals surface area contributed by atoms with Crippen LogP contribution in [0.1, 0.15) is 35.1 Å². The monoisotopic (exact) mass is 382 g/mol. The second-order valence-corrected chi connectivity index (χ2v) is 7.68. The highest BCUT2D eigenvalue weighted by molar-refractivity contribution is 7.15. The van der Waals surface area contributed by atoms with Crippen LogP contribution in [-0.4, -0.2) is 27.6 Å². The minimum Gasteiger partial charge on any atom is -0.484 e. The Bertz CT molecular complexity index is 834. The molecule has 7 nitrogen and oxygen atoms in total. The number of hydrogen-bond acceptors (Lipinski definition) is 6. The third-order valence-corrected chi connectivity index (χ3v) is 5.37. The molecule has 0 fully saturated rings. The van der Waals surface area contributed by atoms with Gasteiger partial charge in [0.05, 0.1) is 21.9 Å². The Morgan fingerprint density at radius 1 is 1.40 bits per heavy atom. The van der Waals surface area contributed by atoms with Crippen LogP contribution in [0.4, 0.5) is 5.00 Å². The van der Waals surface area contributed by atoms with Gasteiger partial charge in [0.1, 0.15) is 17.5 Å². The Hall–Kier alpha value is -2.16. The van der Waals surface area contributed by atoms with Gasteiger partial charge in [-0.05, 0) is 38.1 Å². The molecule has 0 aliphatic carbocycles. The third-order valence-electron chi connectivity index (χ3n) is 3.97. The second-order valence-electron chi connectivity index (χ2n) is 6.18. The van der Waals surface area contributed by atoms with Crippen molar-refractivity contribution in [1.29, 1.82) is 0 Å². The molecule has 0 bridgehead atoms. The number of carbonyl (C=O) groups is 1. The molecule has 0 spiro atoms. The van der Waals surface area contributed by atoms with Crippen LogP contribution >= 0.6 is 22.9 Å². The van der Waals surface area contributed by atoms with Gasteiger partial charge in [-0.25, -0.2) is 0 Å². The van der Waals surface area contributed by atoms with E-state index in [1.807, 2.05) is 0 Å². The van der Waals surface area contributed by atoms with E-state index in [1.165, 1.54) is 6.07 Å². The molecule has 3 rings (SSSR count). The summed E-state index contributed by atoms with van der Waals surface area (Å²) >= 11 is 6.69. The lowest BCUT2D eigenvalue weighted by molar-refractivity contribution is -0.380. The van der Waals surface area contributed by atoms with E-state index in [0.717, 1.165) is 11.3 Å². The smallest absolute Gasteiger partial charge is 0.328 e. The lowest BCUT2D eigenvalue weighted by atomic mass is 9.90. The average molecular weight is 383 g/mol. The Morgan fingerprint density at radius 2 is 2.04 bits per heavy atom. The molecule has 132 valence electrons. The number of fused-ring (bicyclic) bond motifs is 1. The van der Waals surface area contributed by atoms with E-state index >= 15 is 0 Å². The number of benzene rings is 1. The lowest BCUT2D eigenvalue weighted by Gasteiger charge is -2.40. The van der Waals surface area contributed by atoms with Gasteiger partial charge in [-0.2, -0.15) is 0 Å². The second kappa shape index (κ2) is 6.29. The summed E-state index contributed by atoms with van der Waals surface area (Å²) < 4.78 is 5.68. The van der Waals surface area contributed by atoms with Crippen LogP contribution in [0.25, 0.3) is 0 Å². The summed E-state index contributed by atoms with van der Waals surface area (Å²) in [4.78, 5) is 23.4. The van der Waals surface area contributed by atoms with Gasteiger partial charge < -0.3 is 15.2 Å². The highest BCUT2D eigenvalue weighted by atomic mass is 35.5. The number of halogens is 1. The Labute approximate surface area is 152 Å². The number of rotatable bonds is 3. The Kier molecular flexibility index (Phi) is 4.44. The maximum Gasteiger partial charge on any atom is 0.328 e. The van der Waals surface area contributed by atoms with Gasteiger partial charge in [0.2, 0.25) is 0 Å².